The van der Waals surface area contributed by atoms with Crippen molar-refractivity contribution in [1.29, 1.82) is 0 Å². The number of aryl methyl sites for hydroxylation is 1. The van der Waals surface area contributed by atoms with Crippen LogP contribution in [-0.2, 0) is 12.5 Å². The van der Waals surface area contributed by atoms with E-state index in [2.05, 4.69) is 104 Å². The highest BCUT2D eigenvalue weighted by Crippen LogP contribution is 2.41. The van der Waals surface area contributed by atoms with E-state index in [4.69, 9.17) is 0 Å². The van der Waals surface area contributed by atoms with Crippen molar-refractivity contribution in [1.82, 2.24) is 9.88 Å². The molecule has 0 bridgehead atoms. The summed E-state index contributed by atoms with van der Waals surface area (Å²) in [5.41, 5.74) is 9.01. The number of nitrogens with one attached hydrogen (secondary N) is 1. The Hall–Kier alpha value is -3.05. The van der Waals surface area contributed by atoms with E-state index in [0.29, 0.717) is 17.9 Å². The number of pyridine rings is 1. The summed E-state index contributed by atoms with van der Waals surface area (Å²) in [6, 6.07) is 19.1. The second-order valence-corrected chi connectivity index (χ2v) is 9.49. The van der Waals surface area contributed by atoms with Crippen molar-refractivity contribution in [3.05, 3.63) is 83.3 Å². The zero-order valence-electron chi connectivity index (χ0n) is 18.9. The van der Waals surface area contributed by atoms with E-state index in [-0.39, 0.29) is 11.3 Å². The lowest BCUT2D eigenvalue weighted by Crippen LogP contribution is -2.34. The largest absolute Gasteiger partial charge is 0.351 e. The van der Waals surface area contributed by atoms with Gasteiger partial charge in [0.05, 0.1) is 5.41 Å². The molecular weight excluding hydrogens is 414 g/mol. The quantitative estimate of drug-likeness (QED) is 0.348. The van der Waals surface area contributed by atoms with Crippen LogP contribution in [-0.4, -0.2) is 22.8 Å². The molecule has 1 N–H and O–H groups in total. The van der Waals surface area contributed by atoms with E-state index < -0.39 is 0 Å². The van der Waals surface area contributed by atoms with Crippen LogP contribution >= 0.6 is 12.6 Å². The first-order valence-corrected chi connectivity index (χ1v) is 11.6. The summed E-state index contributed by atoms with van der Waals surface area (Å²) in [6.45, 7) is 7.22. The molecular formula is C27H28N3OS+. The maximum absolute atomic E-state index is 12.5. The third kappa shape index (κ3) is 2.99. The Morgan fingerprint density at radius 3 is 2.69 bits per heavy atom. The van der Waals surface area contributed by atoms with Gasteiger partial charge in [0, 0.05) is 70.8 Å². The molecule has 0 radical (unpaired) electrons. The molecule has 0 atom stereocenters. The minimum atomic E-state index is -0.219. The van der Waals surface area contributed by atoms with Crippen molar-refractivity contribution in [2.45, 2.75) is 26.2 Å². The van der Waals surface area contributed by atoms with Gasteiger partial charge < -0.3 is 9.88 Å². The smallest absolute Gasteiger partial charge is 0.251 e. The summed E-state index contributed by atoms with van der Waals surface area (Å²) in [7, 11) is 2.13. The van der Waals surface area contributed by atoms with E-state index in [0.717, 1.165) is 5.69 Å². The fourth-order valence-electron chi connectivity index (χ4n) is 5.03. The highest BCUT2D eigenvalue weighted by atomic mass is 32.1. The van der Waals surface area contributed by atoms with Crippen LogP contribution in [0.1, 0.15) is 41.2 Å². The number of nitrogens with zero attached hydrogens (tertiary/aromatic N) is 2. The van der Waals surface area contributed by atoms with Crippen molar-refractivity contribution < 1.29 is 9.36 Å². The number of rotatable bonds is 4. The Bertz CT molecular complexity index is 1380. The van der Waals surface area contributed by atoms with Gasteiger partial charge in [-0.15, -0.1) is 0 Å². The standard InChI is InChI=1S/C27H27N3OS/c1-17-25(20-7-5-6-8-22(20)29(17)4)18-11-13-30-23-10-9-19(26(31)28-12-14-32)15-21(23)27(2,3)24(30)16-18/h5-11,13,15-16H,12,14H2,1-4H3,(H-,28,31,32)/p+1. The fourth-order valence-corrected chi connectivity index (χ4v) is 5.14. The van der Waals surface area contributed by atoms with Crippen LogP contribution in [0.2, 0.25) is 0 Å². The van der Waals surface area contributed by atoms with Gasteiger partial charge in [-0.25, -0.2) is 0 Å². The first-order chi connectivity index (χ1) is 15.3. The third-order valence-corrected chi connectivity index (χ3v) is 7.10. The molecule has 1 amide bonds. The number of carbonyl (C=O) groups excluding carboxylic acids is 1. The Morgan fingerprint density at radius 1 is 1.12 bits per heavy atom. The van der Waals surface area contributed by atoms with Gasteiger partial charge in [-0.2, -0.15) is 17.2 Å². The maximum Gasteiger partial charge on any atom is 0.251 e. The van der Waals surface area contributed by atoms with Crippen molar-refractivity contribution in [2.75, 3.05) is 12.3 Å². The molecule has 4 aromatic rings. The molecule has 2 aromatic carbocycles. The van der Waals surface area contributed by atoms with Gasteiger partial charge in [-0.05, 0) is 44.5 Å². The number of para-hydroxylation sites is 1. The molecule has 32 heavy (non-hydrogen) atoms. The molecule has 162 valence electrons. The molecule has 2 aromatic heterocycles. The minimum absolute atomic E-state index is 0.0503. The Kier molecular flexibility index (Phi) is 4.90. The van der Waals surface area contributed by atoms with Crippen LogP contribution in [0.15, 0.2) is 60.8 Å². The lowest BCUT2D eigenvalue weighted by molar-refractivity contribution is -0.599. The molecule has 3 heterocycles. The SMILES string of the molecule is Cc1c(-c2cc[n+]3c(c2)C(C)(C)c2cc(C(=O)NCCS)ccc2-3)c2ccccc2n1C. The first-order valence-electron chi connectivity index (χ1n) is 11.0. The minimum Gasteiger partial charge on any atom is -0.351 e. The van der Waals surface area contributed by atoms with Crippen molar-refractivity contribution in [3.8, 4) is 16.8 Å². The van der Waals surface area contributed by atoms with E-state index >= 15 is 0 Å². The van der Waals surface area contributed by atoms with Crippen molar-refractivity contribution in [3.63, 3.8) is 0 Å². The molecule has 1 aliphatic rings. The van der Waals surface area contributed by atoms with E-state index in [9.17, 15) is 4.79 Å². The molecule has 0 fully saturated rings. The van der Waals surface area contributed by atoms with Crippen LogP contribution in [0.25, 0.3) is 27.7 Å². The van der Waals surface area contributed by atoms with Gasteiger partial charge in [0.15, 0.2) is 11.9 Å². The van der Waals surface area contributed by atoms with Crippen LogP contribution in [0.4, 0.5) is 0 Å². The maximum atomic E-state index is 12.5. The number of fused-ring (bicyclic) bond motifs is 4. The second-order valence-electron chi connectivity index (χ2n) is 9.04. The first kappa shape index (κ1) is 20.8. The van der Waals surface area contributed by atoms with Gasteiger partial charge in [0.25, 0.3) is 5.91 Å². The molecule has 5 heteroatoms. The number of thiol groups is 1. The summed E-state index contributed by atoms with van der Waals surface area (Å²) >= 11 is 4.19. The normalized spacial score (nSPS) is 13.8. The summed E-state index contributed by atoms with van der Waals surface area (Å²) in [5, 5.41) is 4.19. The number of hydrogen-bond donors (Lipinski definition) is 2. The van der Waals surface area contributed by atoms with E-state index in [1.807, 2.05) is 12.1 Å². The summed E-state index contributed by atoms with van der Waals surface area (Å²) in [6.07, 6.45) is 2.17. The van der Waals surface area contributed by atoms with Gasteiger partial charge in [0.2, 0.25) is 5.69 Å². The van der Waals surface area contributed by atoms with Crippen LogP contribution in [0.3, 0.4) is 0 Å². The fraction of sp³-hybridized carbons (Fsp3) is 0.259. The van der Waals surface area contributed by atoms with Gasteiger partial charge in [-0.3, -0.25) is 4.79 Å². The van der Waals surface area contributed by atoms with Crippen LogP contribution in [0, 0.1) is 6.92 Å². The lowest BCUT2D eigenvalue weighted by atomic mass is 9.82. The van der Waals surface area contributed by atoms with Crippen LogP contribution < -0.4 is 9.88 Å². The number of carbonyl (C=O) groups is 1. The molecule has 4 nitrogen and oxygen atoms in total. The van der Waals surface area contributed by atoms with Gasteiger partial charge in [0.1, 0.15) is 0 Å². The Morgan fingerprint density at radius 2 is 1.91 bits per heavy atom. The molecule has 0 aliphatic carbocycles. The number of amides is 1. The summed E-state index contributed by atoms with van der Waals surface area (Å²) in [4.78, 5) is 12.5. The van der Waals surface area contributed by atoms with Gasteiger partial charge in [-0.1, -0.05) is 18.2 Å². The Balaban J connectivity index is 1.63. The van der Waals surface area contributed by atoms with Crippen molar-refractivity contribution >= 4 is 29.4 Å². The van der Waals surface area contributed by atoms with Gasteiger partial charge >= 0.3 is 0 Å². The number of aromatic nitrogens is 2. The number of hydrogen-bond acceptors (Lipinski definition) is 2. The molecule has 5 rings (SSSR count). The predicted octanol–water partition coefficient (Wildman–Crippen LogP) is 4.73. The monoisotopic (exact) mass is 442 g/mol. The molecule has 0 saturated heterocycles. The highest BCUT2D eigenvalue weighted by Gasteiger charge is 2.44. The number of benzene rings is 2. The third-order valence-electron chi connectivity index (χ3n) is 6.87. The Labute approximate surface area is 194 Å². The molecule has 1 aliphatic heterocycles. The summed E-state index contributed by atoms with van der Waals surface area (Å²) in [5.74, 6) is 0.575. The second kappa shape index (κ2) is 7.52. The average Bonchev–Trinajstić information content (AvgIpc) is 3.19. The van der Waals surface area contributed by atoms with E-state index in [1.165, 1.54) is 39.0 Å². The molecule has 0 spiro atoms. The molecule has 0 unspecified atom stereocenters. The molecule has 0 saturated carbocycles. The zero-order chi connectivity index (χ0) is 22.6. The van der Waals surface area contributed by atoms with E-state index in [1.54, 1.807) is 0 Å². The highest BCUT2D eigenvalue weighted by molar-refractivity contribution is 7.80. The average molecular weight is 443 g/mol. The summed E-state index contributed by atoms with van der Waals surface area (Å²) < 4.78 is 4.52. The predicted molar refractivity (Wildman–Crippen MR) is 133 cm³/mol. The zero-order valence-corrected chi connectivity index (χ0v) is 19.8. The van der Waals surface area contributed by atoms with Crippen molar-refractivity contribution in [2.24, 2.45) is 7.05 Å². The topological polar surface area (TPSA) is 37.9 Å². The van der Waals surface area contributed by atoms with Crippen LogP contribution in [0.5, 0.6) is 0 Å². The lowest BCUT2D eigenvalue weighted by Gasteiger charge is -2.15.